The Kier molecular flexibility index (Phi) is 3.29. The fourth-order valence-corrected chi connectivity index (χ4v) is 5.17. The van der Waals surface area contributed by atoms with Crippen LogP contribution in [0.2, 0.25) is 0 Å². The lowest BCUT2D eigenvalue weighted by molar-refractivity contribution is -0.354. The van der Waals surface area contributed by atoms with Crippen LogP contribution in [-0.4, -0.2) is 32.1 Å². The van der Waals surface area contributed by atoms with E-state index in [-0.39, 0.29) is 37.7 Å². The van der Waals surface area contributed by atoms with Crippen molar-refractivity contribution in [3.63, 3.8) is 0 Å². The molecule has 8 nitrogen and oxygen atoms in total. The number of nitrogens with one attached hydrogen (secondary N) is 1. The molecular formula is C20H18F3N5O3. The zero-order valence-corrected chi connectivity index (χ0v) is 16.7. The van der Waals surface area contributed by atoms with Gasteiger partial charge in [0.05, 0.1) is 17.2 Å². The number of imidazole rings is 1. The molecule has 2 aromatic heterocycles. The number of alkyl halides is 3. The van der Waals surface area contributed by atoms with Crippen molar-refractivity contribution in [2.75, 3.05) is 12.1 Å². The normalized spacial score (nSPS) is 26.0. The third kappa shape index (κ3) is 2.28. The summed E-state index contributed by atoms with van der Waals surface area (Å²) in [6, 6.07) is 3.61. The Balaban J connectivity index is 1.39. The van der Waals surface area contributed by atoms with Gasteiger partial charge in [0.15, 0.2) is 17.1 Å². The van der Waals surface area contributed by atoms with Crippen molar-refractivity contribution in [2.24, 2.45) is 12.5 Å². The standard InChI is InChI=1S/C20H18F3N5O3/c1-10-3-13-14(31-9-30-13)4-11(10)25-16-24-5-12-15(26-16)28(17(29)27(12)2)19-6-18(7-19,8-19)20(21,22)23/h3-5H,6-9H2,1-2H3,(H,24,25,26). The Hall–Kier alpha value is -3.24. The number of ether oxygens (including phenoxy) is 2. The molecule has 0 unspecified atom stereocenters. The van der Waals surface area contributed by atoms with Crippen molar-refractivity contribution < 1.29 is 22.6 Å². The van der Waals surface area contributed by atoms with Gasteiger partial charge in [0.25, 0.3) is 0 Å². The number of benzene rings is 1. The summed E-state index contributed by atoms with van der Waals surface area (Å²) < 4.78 is 53.5. The second-order valence-corrected chi connectivity index (χ2v) is 8.76. The molecule has 0 spiro atoms. The summed E-state index contributed by atoms with van der Waals surface area (Å²) in [5.41, 5.74) is -0.475. The quantitative estimate of drug-likeness (QED) is 0.682. The maximum Gasteiger partial charge on any atom is 0.394 e. The van der Waals surface area contributed by atoms with Gasteiger partial charge in [0.2, 0.25) is 12.7 Å². The molecule has 0 saturated heterocycles. The van der Waals surface area contributed by atoms with Crippen LogP contribution in [0.15, 0.2) is 23.1 Å². The van der Waals surface area contributed by atoms with Gasteiger partial charge < -0.3 is 14.8 Å². The van der Waals surface area contributed by atoms with E-state index in [1.54, 1.807) is 13.1 Å². The smallest absolute Gasteiger partial charge is 0.394 e. The Morgan fingerprint density at radius 3 is 2.52 bits per heavy atom. The first-order valence-electron chi connectivity index (χ1n) is 9.82. The molecule has 0 atom stereocenters. The SMILES string of the molecule is Cc1cc2c(cc1Nc1ncc3c(n1)n(C14CC(C(F)(F)F)(C1)C4)c(=O)n3C)OCO2. The van der Waals surface area contributed by atoms with Crippen LogP contribution in [0.1, 0.15) is 24.8 Å². The number of aryl methyl sites for hydroxylation is 2. The predicted octanol–water partition coefficient (Wildman–Crippen LogP) is 3.35. The topological polar surface area (TPSA) is 83.2 Å². The van der Waals surface area contributed by atoms with Crippen LogP contribution in [-0.2, 0) is 12.6 Å². The van der Waals surface area contributed by atoms with Gasteiger partial charge in [-0.1, -0.05) is 0 Å². The number of aromatic nitrogens is 4. The maximum atomic E-state index is 13.3. The first kappa shape index (κ1) is 18.5. The average Bonchev–Trinajstić information content (AvgIpc) is 3.16. The van der Waals surface area contributed by atoms with Gasteiger partial charge in [-0.3, -0.25) is 9.13 Å². The highest BCUT2D eigenvalue weighted by molar-refractivity contribution is 5.74. The van der Waals surface area contributed by atoms with Crippen LogP contribution >= 0.6 is 0 Å². The van der Waals surface area contributed by atoms with Gasteiger partial charge in [-0.2, -0.15) is 18.2 Å². The number of hydrogen-bond acceptors (Lipinski definition) is 6. The number of rotatable bonds is 3. The fourth-order valence-electron chi connectivity index (χ4n) is 5.17. The Morgan fingerprint density at radius 2 is 1.84 bits per heavy atom. The predicted molar refractivity (Wildman–Crippen MR) is 104 cm³/mol. The molecule has 162 valence electrons. The highest BCUT2D eigenvalue weighted by Gasteiger charge is 2.80. The molecule has 1 N–H and O–H groups in total. The van der Waals surface area contributed by atoms with E-state index in [0.29, 0.717) is 28.4 Å². The van der Waals surface area contributed by atoms with Crippen LogP contribution in [0.5, 0.6) is 11.5 Å². The molecule has 3 heterocycles. The number of anilines is 2. The minimum absolute atomic E-state index is 0.0868. The molecule has 7 rings (SSSR count). The molecule has 1 aromatic carbocycles. The lowest BCUT2D eigenvalue weighted by Gasteiger charge is -2.70. The number of hydrogen-bond donors (Lipinski definition) is 1. The van der Waals surface area contributed by atoms with E-state index >= 15 is 0 Å². The zero-order valence-electron chi connectivity index (χ0n) is 16.7. The van der Waals surface area contributed by atoms with Crippen LogP contribution < -0.4 is 20.5 Å². The summed E-state index contributed by atoms with van der Waals surface area (Å²) in [4.78, 5) is 21.7. The molecular weight excluding hydrogens is 415 g/mol. The number of fused-ring (bicyclic) bond motifs is 2. The van der Waals surface area contributed by atoms with Gasteiger partial charge in [-0.25, -0.2) is 9.78 Å². The summed E-state index contributed by atoms with van der Waals surface area (Å²) in [5, 5.41) is 3.12. The van der Waals surface area contributed by atoms with Gasteiger partial charge in [-0.15, -0.1) is 0 Å². The van der Waals surface area contributed by atoms with Crippen molar-refractivity contribution in [1.29, 1.82) is 0 Å². The molecule has 31 heavy (non-hydrogen) atoms. The average molecular weight is 433 g/mol. The molecule has 1 aliphatic heterocycles. The summed E-state index contributed by atoms with van der Waals surface area (Å²) in [6.07, 6.45) is -3.00. The Labute approximate surface area is 173 Å². The molecule has 3 saturated carbocycles. The van der Waals surface area contributed by atoms with Gasteiger partial charge in [0, 0.05) is 18.8 Å². The van der Waals surface area contributed by atoms with Gasteiger partial charge in [-0.05, 0) is 37.8 Å². The van der Waals surface area contributed by atoms with E-state index in [4.69, 9.17) is 9.47 Å². The maximum absolute atomic E-state index is 13.3. The third-order valence-corrected chi connectivity index (χ3v) is 6.85. The van der Waals surface area contributed by atoms with Crippen molar-refractivity contribution in [3.05, 3.63) is 34.4 Å². The minimum Gasteiger partial charge on any atom is -0.454 e. The molecule has 3 fully saturated rings. The first-order chi connectivity index (χ1) is 14.6. The van der Waals surface area contributed by atoms with E-state index in [0.717, 1.165) is 5.56 Å². The van der Waals surface area contributed by atoms with Crippen molar-refractivity contribution in [3.8, 4) is 11.5 Å². The minimum atomic E-state index is -4.25. The van der Waals surface area contributed by atoms with E-state index in [2.05, 4.69) is 15.3 Å². The van der Waals surface area contributed by atoms with Gasteiger partial charge in [0.1, 0.15) is 5.52 Å². The van der Waals surface area contributed by atoms with Crippen LogP contribution in [0.3, 0.4) is 0 Å². The lowest BCUT2D eigenvalue weighted by Crippen LogP contribution is -2.74. The lowest BCUT2D eigenvalue weighted by atomic mass is 9.39. The van der Waals surface area contributed by atoms with Crippen LogP contribution in [0, 0.1) is 12.3 Å². The fraction of sp³-hybridized carbons (Fsp3) is 0.450. The summed E-state index contributed by atoms with van der Waals surface area (Å²) >= 11 is 0. The zero-order chi connectivity index (χ0) is 21.8. The second kappa shape index (κ2) is 5.51. The highest BCUT2D eigenvalue weighted by Crippen LogP contribution is 2.76. The largest absolute Gasteiger partial charge is 0.454 e. The molecule has 11 heteroatoms. The second-order valence-electron chi connectivity index (χ2n) is 8.76. The van der Waals surface area contributed by atoms with Crippen molar-refractivity contribution in [1.82, 2.24) is 19.1 Å². The van der Waals surface area contributed by atoms with E-state index < -0.39 is 17.1 Å². The molecule has 3 aromatic rings. The first-order valence-corrected chi connectivity index (χ1v) is 9.82. The Morgan fingerprint density at radius 1 is 1.16 bits per heavy atom. The van der Waals surface area contributed by atoms with Crippen LogP contribution in [0.25, 0.3) is 11.2 Å². The van der Waals surface area contributed by atoms with E-state index in [9.17, 15) is 18.0 Å². The number of nitrogens with zero attached hydrogens (tertiary/aromatic N) is 4. The Bertz CT molecular complexity index is 1310. The molecule has 0 radical (unpaired) electrons. The van der Waals surface area contributed by atoms with E-state index in [1.807, 2.05) is 13.0 Å². The number of halogens is 3. The van der Waals surface area contributed by atoms with Crippen molar-refractivity contribution in [2.45, 2.75) is 37.9 Å². The van der Waals surface area contributed by atoms with Crippen LogP contribution in [0.4, 0.5) is 24.8 Å². The van der Waals surface area contributed by atoms with Gasteiger partial charge >= 0.3 is 11.9 Å². The molecule has 3 aliphatic carbocycles. The third-order valence-electron chi connectivity index (χ3n) is 6.85. The monoisotopic (exact) mass is 433 g/mol. The highest BCUT2D eigenvalue weighted by atomic mass is 19.4. The molecule has 0 amide bonds. The van der Waals surface area contributed by atoms with E-state index in [1.165, 1.54) is 15.3 Å². The summed E-state index contributed by atoms with van der Waals surface area (Å²) in [7, 11) is 1.57. The molecule has 4 aliphatic rings. The summed E-state index contributed by atoms with van der Waals surface area (Å²) in [5.74, 6) is 1.49. The molecule has 2 bridgehead atoms. The van der Waals surface area contributed by atoms with Crippen molar-refractivity contribution >= 4 is 22.8 Å². The summed E-state index contributed by atoms with van der Waals surface area (Å²) in [6.45, 7) is 2.04.